The zero-order chi connectivity index (χ0) is 14.8. The first-order chi connectivity index (χ1) is 9.40. The van der Waals surface area contributed by atoms with Gasteiger partial charge in [-0.2, -0.15) is 5.26 Å². The van der Waals surface area contributed by atoms with Crippen molar-refractivity contribution in [3.8, 4) is 6.07 Å². The first-order valence-electron chi connectivity index (χ1n) is 6.33. The number of halogens is 1. The molecule has 3 nitrogen and oxygen atoms in total. The molecular weight excluding hydrogens is 270 g/mol. The highest BCUT2D eigenvalue weighted by molar-refractivity contribution is 6.33. The van der Waals surface area contributed by atoms with Crippen LogP contribution in [0.4, 0.5) is 11.5 Å². The van der Waals surface area contributed by atoms with Crippen LogP contribution in [0.1, 0.15) is 31.9 Å². The van der Waals surface area contributed by atoms with Gasteiger partial charge >= 0.3 is 0 Å². The van der Waals surface area contributed by atoms with E-state index in [9.17, 15) is 0 Å². The van der Waals surface area contributed by atoms with Crippen molar-refractivity contribution in [2.24, 2.45) is 0 Å². The number of nitrogens with zero attached hydrogens (tertiary/aromatic N) is 2. The average Bonchev–Trinajstić information content (AvgIpc) is 2.40. The summed E-state index contributed by atoms with van der Waals surface area (Å²) in [6.07, 6.45) is 1.50. The molecule has 2 rings (SSSR count). The van der Waals surface area contributed by atoms with Gasteiger partial charge in [0.15, 0.2) is 0 Å². The van der Waals surface area contributed by atoms with Crippen molar-refractivity contribution >= 4 is 23.1 Å². The van der Waals surface area contributed by atoms with E-state index < -0.39 is 0 Å². The third kappa shape index (κ3) is 3.28. The van der Waals surface area contributed by atoms with Crippen molar-refractivity contribution in [1.29, 1.82) is 5.26 Å². The average molecular weight is 286 g/mol. The summed E-state index contributed by atoms with van der Waals surface area (Å²) < 4.78 is 0. The van der Waals surface area contributed by atoms with Gasteiger partial charge in [-0.05, 0) is 29.2 Å². The molecule has 0 spiro atoms. The van der Waals surface area contributed by atoms with Crippen molar-refractivity contribution in [3.63, 3.8) is 0 Å². The van der Waals surface area contributed by atoms with Crippen molar-refractivity contribution in [3.05, 3.63) is 52.7 Å². The van der Waals surface area contributed by atoms with Crippen molar-refractivity contribution < 1.29 is 0 Å². The maximum absolute atomic E-state index is 8.78. The standard InChI is InChI=1S/C16H16ClN3/c1-16(2,3)12-4-6-13(7-5-12)20-15-14(17)8-11(9-18)10-19-15/h4-8,10H,1-3H3,(H,19,20). The molecule has 0 fully saturated rings. The summed E-state index contributed by atoms with van der Waals surface area (Å²) in [4.78, 5) is 4.15. The maximum Gasteiger partial charge on any atom is 0.149 e. The summed E-state index contributed by atoms with van der Waals surface area (Å²) >= 11 is 6.09. The van der Waals surface area contributed by atoms with Crippen LogP contribution in [0.15, 0.2) is 36.5 Å². The second-order valence-electron chi connectivity index (χ2n) is 5.62. The second-order valence-corrected chi connectivity index (χ2v) is 6.03. The highest BCUT2D eigenvalue weighted by Crippen LogP contribution is 2.27. The van der Waals surface area contributed by atoms with E-state index in [1.165, 1.54) is 11.8 Å². The number of aromatic nitrogens is 1. The molecular formula is C16H16ClN3. The lowest BCUT2D eigenvalue weighted by Crippen LogP contribution is -2.10. The number of nitrogens with one attached hydrogen (secondary N) is 1. The first kappa shape index (κ1) is 14.4. The molecule has 0 saturated carbocycles. The molecule has 0 aliphatic heterocycles. The van der Waals surface area contributed by atoms with E-state index in [-0.39, 0.29) is 5.41 Å². The Hall–Kier alpha value is -2.05. The van der Waals surface area contributed by atoms with E-state index in [2.05, 4.69) is 43.2 Å². The van der Waals surface area contributed by atoms with Crippen LogP contribution in [0.3, 0.4) is 0 Å². The topological polar surface area (TPSA) is 48.7 Å². The number of hydrogen-bond donors (Lipinski definition) is 1. The predicted octanol–water partition coefficient (Wildman–Crippen LogP) is 4.65. The largest absolute Gasteiger partial charge is 0.339 e. The van der Waals surface area contributed by atoms with Crippen LogP contribution in [0.25, 0.3) is 0 Å². The van der Waals surface area contributed by atoms with E-state index in [0.29, 0.717) is 16.4 Å². The van der Waals surface area contributed by atoms with E-state index >= 15 is 0 Å². The van der Waals surface area contributed by atoms with Crippen LogP contribution >= 0.6 is 11.6 Å². The van der Waals surface area contributed by atoms with Gasteiger partial charge in [0, 0.05) is 11.9 Å². The lowest BCUT2D eigenvalue weighted by Gasteiger charge is -2.19. The Morgan fingerprint density at radius 1 is 1.20 bits per heavy atom. The summed E-state index contributed by atoms with van der Waals surface area (Å²) in [5, 5.41) is 12.4. The lowest BCUT2D eigenvalue weighted by atomic mass is 9.87. The molecule has 0 atom stereocenters. The van der Waals surface area contributed by atoms with Gasteiger partial charge in [-0.3, -0.25) is 0 Å². The minimum absolute atomic E-state index is 0.128. The van der Waals surface area contributed by atoms with Gasteiger partial charge in [-0.25, -0.2) is 4.98 Å². The number of pyridine rings is 1. The molecule has 1 N–H and O–H groups in total. The van der Waals surface area contributed by atoms with Gasteiger partial charge in [0.2, 0.25) is 0 Å². The fourth-order valence-electron chi connectivity index (χ4n) is 1.78. The van der Waals surface area contributed by atoms with Crippen LogP contribution in [0.2, 0.25) is 5.02 Å². The molecule has 0 aliphatic carbocycles. The molecule has 1 aromatic heterocycles. The normalized spacial score (nSPS) is 10.9. The predicted molar refractivity (Wildman–Crippen MR) is 82.4 cm³/mol. The fraction of sp³-hybridized carbons (Fsp3) is 0.250. The molecule has 20 heavy (non-hydrogen) atoms. The summed E-state index contributed by atoms with van der Waals surface area (Å²) in [5.74, 6) is 0.550. The highest BCUT2D eigenvalue weighted by atomic mass is 35.5. The molecule has 1 heterocycles. The number of benzene rings is 1. The lowest BCUT2D eigenvalue weighted by molar-refractivity contribution is 0.590. The molecule has 2 aromatic rings. The second kappa shape index (κ2) is 5.52. The van der Waals surface area contributed by atoms with Gasteiger partial charge in [-0.15, -0.1) is 0 Å². The SMILES string of the molecule is CC(C)(C)c1ccc(Nc2ncc(C#N)cc2Cl)cc1. The van der Waals surface area contributed by atoms with E-state index in [0.717, 1.165) is 5.69 Å². The molecule has 0 aliphatic rings. The zero-order valence-electron chi connectivity index (χ0n) is 11.7. The van der Waals surface area contributed by atoms with Gasteiger partial charge in [0.25, 0.3) is 0 Å². The number of anilines is 2. The molecule has 0 bridgehead atoms. The van der Waals surface area contributed by atoms with Crippen molar-refractivity contribution in [2.45, 2.75) is 26.2 Å². The number of hydrogen-bond acceptors (Lipinski definition) is 3. The molecule has 4 heteroatoms. The first-order valence-corrected chi connectivity index (χ1v) is 6.71. The van der Waals surface area contributed by atoms with E-state index in [4.69, 9.17) is 16.9 Å². The van der Waals surface area contributed by atoms with Crippen LogP contribution in [-0.2, 0) is 5.41 Å². The molecule has 102 valence electrons. The summed E-state index contributed by atoms with van der Waals surface area (Å²) in [6, 6.07) is 11.8. The number of nitriles is 1. The van der Waals surface area contributed by atoms with Crippen LogP contribution in [0.5, 0.6) is 0 Å². The van der Waals surface area contributed by atoms with Crippen LogP contribution in [-0.4, -0.2) is 4.98 Å². The van der Waals surface area contributed by atoms with Gasteiger partial charge in [0.05, 0.1) is 10.6 Å². The Kier molecular flexibility index (Phi) is 3.96. The Balaban J connectivity index is 2.21. The third-order valence-electron chi connectivity index (χ3n) is 2.98. The number of rotatable bonds is 2. The van der Waals surface area contributed by atoms with E-state index in [1.807, 2.05) is 18.2 Å². The molecule has 1 aromatic carbocycles. The quantitative estimate of drug-likeness (QED) is 0.874. The zero-order valence-corrected chi connectivity index (χ0v) is 12.5. The Labute approximate surface area is 124 Å². The minimum atomic E-state index is 0.128. The Bertz CT molecular complexity index is 649. The smallest absolute Gasteiger partial charge is 0.149 e. The van der Waals surface area contributed by atoms with E-state index in [1.54, 1.807) is 6.07 Å². The van der Waals surface area contributed by atoms with Gasteiger partial charge in [0.1, 0.15) is 11.9 Å². The third-order valence-corrected chi connectivity index (χ3v) is 3.27. The fourth-order valence-corrected chi connectivity index (χ4v) is 1.99. The molecule has 0 saturated heterocycles. The summed E-state index contributed by atoms with van der Waals surface area (Å²) in [6.45, 7) is 6.53. The van der Waals surface area contributed by atoms with Gasteiger partial charge < -0.3 is 5.32 Å². The Morgan fingerprint density at radius 3 is 2.35 bits per heavy atom. The summed E-state index contributed by atoms with van der Waals surface area (Å²) in [5.41, 5.74) is 2.76. The van der Waals surface area contributed by atoms with Crippen molar-refractivity contribution in [2.75, 3.05) is 5.32 Å². The van der Waals surface area contributed by atoms with Crippen LogP contribution in [0, 0.1) is 11.3 Å². The van der Waals surface area contributed by atoms with Crippen LogP contribution < -0.4 is 5.32 Å². The minimum Gasteiger partial charge on any atom is -0.339 e. The maximum atomic E-state index is 8.78. The molecule has 0 amide bonds. The Morgan fingerprint density at radius 2 is 1.85 bits per heavy atom. The summed E-state index contributed by atoms with van der Waals surface area (Å²) in [7, 11) is 0. The molecule has 0 unspecified atom stereocenters. The monoisotopic (exact) mass is 285 g/mol. The highest BCUT2D eigenvalue weighted by Gasteiger charge is 2.13. The molecule has 0 radical (unpaired) electrons. The van der Waals surface area contributed by atoms with Gasteiger partial charge in [-0.1, -0.05) is 44.5 Å². The van der Waals surface area contributed by atoms with Crippen molar-refractivity contribution in [1.82, 2.24) is 4.98 Å².